The monoisotopic (exact) mass is 370 g/mol. The van der Waals surface area contributed by atoms with Gasteiger partial charge in [0.15, 0.2) is 0 Å². The van der Waals surface area contributed by atoms with E-state index in [1.165, 1.54) is 0 Å². The number of sulfonamides is 1. The normalized spacial score (nSPS) is 20.6. The number of rotatable bonds is 5. The van der Waals surface area contributed by atoms with Crippen molar-refractivity contribution < 1.29 is 8.42 Å². The van der Waals surface area contributed by atoms with Crippen LogP contribution >= 0.6 is 0 Å². The number of hydrogen-bond acceptors (Lipinski definition) is 4. The molecule has 6 nitrogen and oxygen atoms in total. The third-order valence-electron chi connectivity index (χ3n) is 5.03. The smallest absolute Gasteiger partial charge is 0.244 e. The van der Waals surface area contributed by atoms with Crippen LogP contribution in [0.3, 0.4) is 0 Å². The summed E-state index contributed by atoms with van der Waals surface area (Å²) in [5.74, 6) is 0. The Morgan fingerprint density at radius 1 is 1.20 bits per heavy atom. The van der Waals surface area contributed by atoms with E-state index >= 15 is 0 Å². The van der Waals surface area contributed by atoms with Gasteiger partial charge >= 0.3 is 0 Å². The predicted molar refractivity (Wildman–Crippen MR) is 101 cm³/mol. The fourth-order valence-electron chi connectivity index (χ4n) is 3.41. The van der Waals surface area contributed by atoms with Crippen molar-refractivity contribution in [1.29, 1.82) is 0 Å². The summed E-state index contributed by atoms with van der Waals surface area (Å²) in [4.78, 5) is 2.81. The van der Waals surface area contributed by atoms with Crippen LogP contribution in [0.1, 0.15) is 57.8 Å². The van der Waals surface area contributed by atoms with Crippen LogP contribution < -0.4 is 4.72 Å². The lowest BCUT2D eigenvalue weighted by atomic mass is 9.92. The first-order valence-corrected chi connectivity index (χ1v) is 10.7. The number of nitrogens with one attached hydrogen (secondary N) is 1. The molecule has 0 spiro atoms. The van der Waals surface area contributed by atoms with Gasteiger partial charge in [0, 0.05) is 13.1 Å². The molecule has 0 radical (unpaired) electrons. The van der Waals surface area contributed by atoms with Crippen molar-refractivity contribution in [2.75, 3.05) is 19.6 Å². The van der Waals surface area contributed by atoms with Crippen LogP contribution in [0.2, 0.25) is 0 Å². The Morgan fingerprint density at radius 3 is 2.44 bits per heavy atom. The van der Waals surface area contributed by atoms with E-state index in [9.17, 15) is 8.42 Å². The molecule has 1 aliphatic heterocycles. The van der Waals surface area contributed by atoms with Crippen LogP contribution in [0.4, 0.5) is 0 Å². The standard InChI is InChI=1S/C18H34N4O2S/c1-14-17(15(2)21(6)19-14)25(23,24)20-16-8-7-11-22(12-9-16)13-10-18(3,4)5/h16,20H,7-13H2,1-6H3/t16-/m0/s1. The first kappa shape index (κ1) is 20.4. The Morgan fingerprint density at radius 2 is 1.88 bits per heavy atom. The van der Waals surface area contributed by atoms with Gasteiger partial charge in [-0.1, -0.05) is 20.8 Å². The highest BCUT2D eigenvalue weighted by Crippen LogP contribution is 2.22. The molecule has 2 rings (SSSR count). The molecule has 1 aromatic heterocycles. The van der Waals surface area contributed by atoms with Gasteiger partial charge < -0.3 is 4.90 Å². The van der Waals surface area contributed by atoms with Crippen molar-refractivity contribution in [2.45, 2.75) is 71.2 Å². The van der Waals surface area contributed by atoms with Gasteiger partial charge in [0.25, 0.3) is 0 Å². The van der Waals surface area contributed by atoms with Gasteiger partial charge in [0.1, 0.15) is 4.90 Å². The third kappa shape index (κ3) is 5.53. The predicted octanol–water partition coefficient (Wildman–Crippen LogP) is 2.61. The lowest BCUT2D eigenvalue weighted by molar-refractivity contribution is 0.233. The maximum atomic E-state index is 12.8. The van der Waals surface area contributed by atoms with Crippen molar-refractivity contribution in [3.8, 4) is 0 Å². The van der Waals surface area contributed by atoms with E-state index in [4.69, 9.17) is 0 Å². The Kier molecular flexibility index (Phi) is 6.33. The quantitative estimate of drug-likeness (QED) is 0.865. The Hall–Kier alpha value is -0.920. The number of likely N-dealkylation sites (tertiary alicyclic amines) is 1. The van der Waals surface area contributed by atoms with Gasteiger partial charge in [-0.05, 0) is 64.6 Å². The fourth-order valence-corrected chi connectivity index (χ4v) is 5.16. The summed E-state index contributed by atoms with van der Waals surface area (Å²) in [5, 5.41) is 4.24. The van der Waals surface area contributed by atoms with E-state index in [1.54, 1.807) is 25.6 Å². The minimum absolute atomic E-state index is 0.00337. The van der Waals surface area contributed by atoms with E-state index < -0.39 is 10.0 Å². The largest absolute Gasteiger partial charge is 0.303 e. The molecule has 0 aromatic carbocycles. The number of aryl methyl sites for hydroxylation is 2. The maximum Gasteiger partial charge on any atom is 0.244 e. The van der Waals surface area contributed by atoms with Gasteiger partial charge in [-0.15, -0.1) is 0 Å². The molecule has 1 aromatic rings. The molecule has 0 amide bonds. The second-order valence-corrected chi connectivity index (χ2v) is 10.2. The van der Waals surface area contributed by atoms with Crippen molar-refractivity contribution in [1.82, 2.24) is 19.4 Å². The van der Waals surface area contributed by atoms with Crippen LogP contribution in [0.25, 0.3) is 0 Å². The lowest BCUT2D eigenvalue weighted by Crippen LogP contribution is -2.36. The Labute approximate surface area is 153 Å². The van der Waals surface area contributed by atoms with Gasteiger partial charge in [-0.2, -0.15) is 5.10 Å². The topological polar surface area (TPSA) is 67.2 Å². The summed E-state index contributed by atoms with van der Waals surface area (Å²) in [6.07, 6.45) is 3.95. The molecule has 1 atom stereocenters. The molecule has 2 heterocycles. The van der Waals surface area contributed by atoms with E-state index in [2.05, 4.69) is 35.5 Å². The number of hydrogen-bond donors (Lipinski definition) is 1. The second kappa shape index (κ2) is 7.76. The zero-order valence-corrected chi connectivity index (χ0v) is 17.4. The fraction of sp³-hybridized carbons (Fsp3) is 0.833. The highest BCUT2D eigenvalue weighted by atomic mass is 32.2. The van der Waals surface area contributed by atoms with Crippen LogP contribution in [0.15, 0.2) is 4.90 Å². The minimum atomic E-state index is -3.52. The van der Waals surface area contributed by atoms with E-state index in [0.29, 0.717) is 21.7 Å². The van der Waals surface area contributed by atoms with Crippen LogP contribution in [0.5, 0.6) is 0 Å². The first-order valence-electron chi connectivity index (χ1n) is 9.24. The molecule has 0 saturated carbocycles. The van der Waals surface area contributed by atoms with Gasteiger partial charge in [-0.25, -0.2) is 13.1 Å². The lowest BCUT2D eigenvalue weighted by Gasteiger charge is -2.25. The van der Waals surface area contributed by atoms with E-state index in [-0.39, 0.29) is 6.04 Å². The average Bonchev–Trinajstić information content (AvgIpc) is 2.63. The minimum Gasteiger partial charge on any atom is -0.303 e. The molecule has 1 N–H and O–H groups in total. The summed E-state index contributed by atoms with van der Waals surface area (Å²) in [5.41, 5.74) is 1.58. The highest BCUT2D eigenvalue weighted by molar-refractivity contribution is 7.89. The molecule has 7 heteroatoms. The Balaban J connectivity index is 1.99. The molecule has 0 aliphatic carbocycles. The van der Waals surface area contributed by atoms with E-state index in [0.717, 1.165) is 45.3 Å². The summed E-state index contributed by atoms with van der Waals surface area (Å²) in [6.45, 7) is 13.4. The SMILES string of the molecule is Cc1nn(C)c(C)c1S(=O)(=O)N[C@H]1CCCN(CCC(C)(C)C)CC1. The molecule has 1 fully saturated rings. The number of nitrogens with zero attached hydrogens (tertiary/aromatic N) is 3. The second-order valence-electron chi connectivity index (χ2n) is 8.52. The molecule has 1 aliphatic rings. The van der Waals surface area contributed by atoms with Crippen LogP contribution in [-0.4, -0.2) is 48.8 Å². The molecule has 0 bridgehead atoms. The third-order valence-corrected chi connectivity index (χ3v) is 6.80. The average molecular weight is 371 g/mol. The van der Waals surface area contributed by atoms with Gasteiger partial charge in [0.05, 0.1) is 11.4 Å². The molecule has 0 unspecified atom stereocenters. The molecular formula is C18H34N4O2S. The summed E-state index contributed by atoms with van der Waals surface area (Å²) in [6, 6.07) is 0.00337. The Bertz CT molecular complexity index is 689. The molecule has 1 saturated heterocycles. The molecule has 144 valence electrons. The van der Waals surface area contributed by atoms with Crippen LogP contribution in [-0.2, 0) is 17.1 Å². The summed E-state index contributed by atoms with van der Waals surface area (Å²) >= 11 is 0. The van der Waals surface area contributed by atoms with Crippen molar-refractivity contribution in [2.24, 2.45) is 12.5 Å². The van der Waals surface area contributed by atoms with Crippen molar-refractivity contribution in [3.05, 3.63) is 11.4 Å². The zero-order valence-electron chi connectivity index (χ0n) is 16.6. The summed E-state index contributed by atoms with van der Waals surface area (Å²) in [7, 11) is -1.74. The van der Waals surface area contributed by atoms with Crippen molar-refractivity contribution in [3.63, 3.8) is 0 Å². The van der Waals surface area contributed by atoms with Gasteiger partial charge in [-0.3, -0.25) is 4.68 Å². The zero-order chi connectivity index (χ0) is 18.8. The van der Waals surface area contributed by atoms with Gasteiger partial charge in [0.2, 0.25) is 10.0 Å². The first-order chi connectivity index (χ1) is 11.5. The maximum absolute atomic E-state index is 12.8. The van der Waals surface area contributed by atoms with Crippen LogP contribution in [0, 0.1) is 19.3 Å². The highest BCUT2D eigenvalue weighted by Gasteiger charge is 2.28. The summed E-state index contributed by atoms with van der Waals surface area (Å²) < 4.78 is 30.2. The van der Waals surface area contributed by atoms with Crippen molar-refractivity contribution >= 4 is 10.0 Å². The molecular weight excluding hydrogens is 336 g/mol. The molecule has 25 heavy (non-hydrogen) atoms. The van der Waals surface area contributed by atoms with E-state index in [1.807, 2.05) is 0 Å². The number of aromatic nitrogens is 2.